The van der Waals surface area contributed by atoms with Gasteiger partial charge in [0.2, 0.25) is 0 Å². The molecule has 0 aliphatic carbocycles. The summed E-state index contributed by atoms with van der Waals surface area (Å²) in [6, 6.07) is 20.4. The molecule has 37 heavy (non-hydrogen) atoms. The van der Waals surface area contributed by atoms with Crippen LogP contribution >= 0.6 is 23.2 Å². The van der Waals surface area contributed by atoms with Crippen LogP contribution in [0.3, 0.4) is 0 Å². The number of anilines is 1. The fraction of sp³-hybridized carbons (Fsp3) is 0.160. The standard InChI is InChI=1S/C14H11Cl2NO4S.C11H12O4/c15-10-1-5-12(6-2-10)17(9-14(18)19)22(20,21)13-7-3-11(16)4-8-13;12-10(13)7-9(11(14)15)6-8-4-2-1-3-5-8/h1-8H,9H2,(H,18,19);1-5,9H,6-7H2,(H,12,13)(H,14,15). The number of nitrogens with zero attached hydrogens (tertiary/aromatic N) is 1. The Labute approximate surface area is 223 Å². The van der Waals surface area contributed by atoms with Crippen molar-refractivity contribution in [2.45, 2.75) is 17.7 Å². The maximum Gasteiger partial charge on any atom is 0.324 e. The molecule has 0 saturated carbocycles. The van der Waals surface area contributed by atoms with E-state index in [9.17, 15) is 22.8 Å². The molecule has 0 aliphatic heterocycles. The third-order valence-corrected chi connectivity index (χ3v) is 7.18. The molecule has 0 saturated heterocycles. The number of carboxylic acids is 3. The van der Waals surface area contributed by atoms with Gasteiger partial charge in [0.25, 0.3) is 10.0 Å². The maximum absolute atomic E-state index is 12.7. The van der Waals surface area contributed by atoms with Crippen LogP contribution in [0, 0.1) is 5.92 Å². The fourth-order valence-corrected chi connectivity index (χ4v) is 4.80. The predicted octanol–water partition coefficient (Wildman–Crippen LogP) is 4.68. The number of halogens is 2. The zero-order valence-corrected chi connectivity index (χ0v) is 21.5. The largest absolute Gasteiger partial charge is 0.481 e. The van der Waals surface area contributed by atoms with Crippen LogP contribution in [0.5, 0.6) is 0 Å². The third kappa shape index (κ3) is 9.41. The van der Waals surface area contributed by atoms with Gasteiger partial charge >= 0.3 is 17.9 Å². The first kappa shape index (κ1) is 29.6. The number of hydrogen-bond donors (Lipinski definition) is 3. The Balaban J connectivity index is 0.000000281. The number of rotatable bonds is 10. The lowest BCUT2D eigenvalue weighted by Crippen LogP contribution is -2.35. The van der Waals surface area contributed by atoms with Crippen molar-refractivity contribution in [3.63, 3.8) is 0 Å². The first-order valence-corrected chi connectivity index (χ1v) is 12.8. The van der Waals surface area contributed by atoms with Gasteiger partial charge in [0.05, 0.1) is 22.9 Å². The highest BCUT2D eigenvalue weighted by Gasteiger charge is 2.27. The SMILES string of the molecule is O=C(O)CC(Cc1ccccc1)C(=O)O.O=C(O)CN(c1ccc(Cl)cc1)S(=O)(=O)c1ccc(Cl)cc1. The second-order valence-corrected chi connectivity index (χ2v) is 10.4. The molecule has 0 fully saturated rings. The second-order valence-electron chi connectivity index (χ2n) is 7.66. The van der Waals surface area contributed by atoms with Crippen molar-refractivity contribution < 1.29 is 38.1 Å². The summed E-state index contributed by atoms with van der Waals surface area (Å²) < 4.78 is 26.1. The Morgan fingerprint density at radius 3 is 1.73 bits per heavy atom. The molecule has 0 spiro atoms. The summed E-state index contributed by atoms with van der Waals surface area (Å²) in [5, 5.41) is 27.2. The van der Waals surface area contributed by atoms with E-state index in [0.29, 0.717) is 10.0 Å². The molecule has 3 aromatic carbocycles. The van der Waals surface area contributed by atoms with Gasteiger partial charge in [-0.2, -0.15) is 0 Å². The van der Waals surface area contributed by atoms with Crippen LogP contribution in [0.15, 0.2) is 83.8 Å². The van der Waals surface area contributed by atoms with E-state index in [4.69, 9.17) is 38.5 Å². The molecule has 1 atom stereocenters. The first-order valence-electron chi connectivity index (χ1n) is 10.6. The Morgan fingerprint density at radius 2 is 1.27 bits per heavy atom. The summed E-state index contributed by atoms with van der Waals surface area (Å²) in [6.45, 7) is -0.702. The van der Waals surface area contributed by atoms with Crippen molar-refractivity contribution in [2.24, 2.45) is 5.92 Å². The van der Waals surface area contributed by atoms with Crippen LogP contribution in [-0.4, -0.2) is 48.2 Å². The summed E-state index contributed by atoms with van der Waals surface area (Å²) in [6.07, 6.45) is -0.0906. The topological polar surface area (TPSA) is 149 Å². The monoisotopic (exact) mass is 567 g/mol. The van der Waals surface area contributed by atoms with E-state index in [1.807, 2.05) is 6.07 Å². The summed E-state index contributed by atoms with van der Waals surface area (Å²) in [5.74, 6) is -4.28. The molecule has 1 unspecified atom stereocenters. The lowest BCUT2D eigenvalue weighted by molar-refractivity contribution is -0.148. The Morgan fingerprint density at radius 1 is 0.757 bits per heavy atom. The van der Waals surface area contributed by atoms with Gasteiger partial charge in [-0.25, -0.2) is 8.42 Å². The second kappa shape index (κ2) is 13.6. The smallest absolute Gasteiger partial charge is 0.324 e. The van der Waals surface area contributed by atoms with E-state index >= 15 is 0 Å². The molecule has 0 amide bonds. The fourth-order valence-electron chi connectivity index (χ4n) is 3.14. The Hall–Kier alpha value is -3.60. The van der Waals surface area contributed by atoms with E-state index in [-0.39, 0.29) is 23.4 Å². The lowest BCUT2D eigenvalue weighted by atomic mass is 9.96. The van der Waals surface area contributed by atoms with Crippen LogP contribution in [0.25, 0.3) is 0 Å². The van der Waals surface area contributed by atoms with Gasteiger partial charge in [-0.15, -0.1) is 0 Å². The normalized spacial score (nSPS) is 11.5. The summed E-state index contributed by atoms with van der Waals surface area (Å²) in [4.78, 5) is 32.2. The van der Waals surface area contributed by atoms with Crippen LogP contribution in [0.4, 0.5) is 5.69 Å². The number of sulfonamides is 1. The summed E-state index contributed by atoms with van der Waals surface area (Å²) >= 11 is 11.5. The average Bonchev–Trinajstić information content (AvgIpc) is 2.84. The number of carbonyl (C=O) groups is 3. The first-order chi connectivity index (χ1) is 17.4. The number of carboxylic acid groups (broad SMARTS) is 3. The van der Waals surface area contributed by atoms with Crippen molar-refractivity contribution >= 4 is 56.8 Å². The molecule has 0 radical (unpaired) electrons. The van der Waals surface area contributed by atoms with Crippen molar-refractivity contribution in [1.82, 2.24) is 0 Å². The minimum absolute atomic E-state index is 0.0481. The molecule has 0 bridgehead atoms. The highest BCUT2D eigenvalue weighted by molar-refractivity contribution is 7.92. The molecule has 9 nitrogen and oxygen atoms in total. The zero-order chi connectivity index (χ0) is 27.6. The highest BCUT2D eigenvalue weighted by Crippen LogP contribution is 2.26. The van der Waals surface area contributed by atoms with E-state index < -0.39 is 40.4 Å². The molecule has 0 aromatic heterocycles. The highest BCUT2D eigenvalue weighted by atomic mass is 35.5. The minimum atomic E-state index is -4.03. The summed E-state index contributed by atoms with van der Waals surface area (Å²) in [5.41, 5.74) is 1.05. The molecule has 0 heterocycles. The van der Waals surface area contributed by atoms with Gasteiger partial charge in [-0.1, -0.05) is 53.5 Å². The quantitative estimate of drug-likeness (QED) is 0.319. The summed E-state index contributed by atoms with van der Waals surface area (Å²) in [7, 11) is -4.03. The molecule has 3 aromatic rings. The van der Waals surface area contributed by atoms with Crippen molar-refractivity contribution in [1.29, 1.82) is 0 Å². The Bertz CT molecular complexity index is 1320. The van der Waals surface area contributed by atoms with Gasteiger partial charge in [-0.3, -0.25) is 18.7 Å². The van der Waals surface area contributed by atoms with Crippen LogP contribution in [0.2, 0.25) is 10.0 Å². The molecular formula is C25H23Cl2NO8S. The predicted molar refractivity (Wildman–Crippen MR) is 139 cm³/mol. The van der Waals surface area contributed by atoms with E-state index in [0.717, 1.165) is 9.87 Å². The number of aliphatic carboxylic acids is 3. The van der Waals surface area contributed by atoms with Crippen LogP contribution in [-0.2, 0) is 30.8 Å². The van der Waals surface area contributed by atoms with Crippen molar-refractivity contribution in [3.05, 3.63) is 94.5 Å². The van der Waals surface area contributed by atoms with Crippen molar-refractivity contribution in [2.75, 3.05) is 10.8 Å². The lowest BCUT2D eigenvalue weighted by Gasteiger charge is -2.22. The van der Waals surface area contributed by atoms with E-state index in [1.54, 1.807) is 24.3 Å². The number of benzene rings is 3. The van der Waals surface area contributed by atoms with E-state index in [2.05, 4.69) is 0 Å². The van der Waals surface area contributed by atoms with Gasteiger partial charge in [0, 0.05) is 10.0 Å². The minimum Gasteiger partial charge on any atom is -0.481 e. The molecule has 12 heteroatoms. The molecular weight excluding hydrogens is 545 g/mol. The van der Waals surface area contributed by atoms with Gasteiger partial charge in [-0.05, 0) is 60.5 Å². The third-order valence-electron chi connectivity index (χ3n) is 4.89. The molecule has 196 valence electrons. The molecule has 3 rings (SSSR count). The van der Waals surface area contributed by atoms with Crippen LogP contribution < -0.4 is 4.31 Å². The molecule has 3 N–H and O–H groups in total. The van der Waals surface area contributed by atoms with Gasteiger partial charge in [0.15, 0.2) is 0 Å². The Kier molecular flexibility index (Phi) is 10.9. The van der Waals surface area contributed by atoms with Crippen molar-refractivity contribution in [3.8, 4) is 0 Å². The maximum atomic E-state index is 12.7. The van der Waals surface area contributed by atoms with E-state index in [1.165, 1.54) is 48.5 Å². The van der Waals surface area contributed by atoms with Gasteiger partial charge < -0.3 is 15.3 Å². The average molecular weight is 568 g/mol. The van der Waals surface area contributed by atoms with Crippen LogP contribution in [0.1, 0.15) is 12.0 Å². The molecule has 0 aliphatic rings. The van der Waals surface area contributed by atoms with Gasteiger partial charge in [0.1, 0.15) is 6.54 Å². The number of hydrogen-bond acceptors (Lipinski definition) is 5. The zero-order valence-electron chi connectivity index (χ0n) is 19.2.